The van der Waals surface area contributed by atoms with E-state index in [1.807, 2.05) is 0 Å². The van der Waals surface area contributed by atoms with E-state index in [1.165, 1.54) is 24.5 Å². The van der Waals surface area contributed by atoms with Crippen molar-refractivity contribution in [1.82, 2.24) is 0 Å². The molecule has 0 spiro atoms. The van der Waals surface area contributed by atoms with E-state index in [1.54, 1.807) is 41.8 Å². The molecular formula is C21H17N3O7S. The molecule has 3 aromatic rings. The third-order valence-corrected chi connectivity index (χ3v) is 4.98. The second-order valence-electron chi connectivity index (χ2n) is 6.28. The molecule has 11 heteroatoms. The number of ether oxygens (including phenoxy) is 2. The molecule has 1 heterocycles. The number of amides is 2. The third-order valence-electron chi connectivity index (χ3n) is 4.11. The maximum atomic E-state index is 12.2. The van der Waals surface area contributed by atoms with E-state index in [-0.39, 0.29) is 17.2 Å². The summed E-state index contributed by atoms with van der Waals surface area (Å²) in [5, 5.41) is 18.3. The second-order valence-corrected chi connectivity index (χ2v) is 7.22. The molecule has 0 aliphatic carbocycles. The fourth-order valence-corrected chi connectivity index (χ4v) is 3.22. The Morgan fingerprint density at radius 1 is 1.03 bits per heavy atom. The van der Waals surface area contributed by atoms with Crippen LogP contribution in [0.4, 0.5) is 17.1 Å². The Bertz CT molecular complexity index is 1140. The van der Waals surface area contributed by atoms with Gasteiger partial charge in [0.2, 0.25) is 0 Å². The number of hydrogen-bond acceptors (Lipinski definition) is 8. The molecule has 0 atom stereocenters. The molecule has 0 aliphatic heterocycles. The first kappa shape index (κ1) is 22.4. The van der Waals surface area contributed by atoms with Gasteiger partial charge in [0.1, 0.15) is 0 Å². The van der Waals surface area contributed by atoms with Gasteiger partial charge < -0.3 is 20.1 Å². The van der Waals surface area contributed by atoms with Gasteiger partial charge in [-0.3, -0.25) is 19.7 Å². The van der Waals surface area contributed by atoms with Crippen LogP contribution in [0.15, 0.2) is 60.0 Å². The van der Waals surface area contributed by atoms with Gasteiger partial charge in [-0.25, -0.2) is 4.79 Å². The Morgan fingerprint density at radius 3 is 2.31 bits per heavy atom. The molecule has 1 aromatic heterocycles. The second kappa shape index (κ2) is 10.2. The molecule has 2 aromatic carbocycles. The van der Waals surface area contributed by atoms with Crippen LogP contribution >= 0.6 is 11.3 Å². The average molecular weight is 455 g/mol. The van der Waals surface area contributed by atoms with Gasteiger partial charge in [-0.15, -0.1) is 11.3 Å². The minimum Gasteiger partial charge on any atom is -0.477 e. The molecule has 3 rings (SSSR count). The van der Waals surface area contributed by atoms with Crippen LogP contribution in [0.25, 0.3) is 0 Å². The fraction of sp³-hybridized carbons (Fsp3) is 0.0952. The number of anilines is 2. The first-order valence-corrected chi connectivity index (χ1v) is 9.99. The summed E-state index contributed by atoms with van der Waals surface area (Å²) >= 11 is 1.32. The van der Waals surface area contributed by atoms with E-state index in [2.05, 4.69) is 15.4 Å². The molecular weight excluding hydrogens is 438 g/mol. The number of nitrogens with one attached hydrogen (secondary N) is 2. The molecule has 0 bridgehead atoms. The summed E-state index contributed by atoms with van der Waals surface area (Å²) in [4.78, 5) is 46.9. The highest BCUT2D eigenvalue weighted by molar-refractivity contribution is 7.12. The molecule has 164 valence electrons. The zero-order chi connectivity index (χ0) is 23.1. The third kappa shape index (κ3) is 5.67. The van der Waals surface area contributed by atoms with E-state index in [4.69, 9.17) is 4.74 Å². The number of hydrogen-bond donors (Lipinski definition) is 2. The fourth-order valence-electron chi connectivity index (χ4n) is 2.60. The van der Waals surface area contributed by atoms with Crippen LogP contribution < -0.4 is 15.4 Å². The molecule has 0 radical (unpaired) electrons. The molecule has 10 nitrogen and oxygen atoms in total. The molecule has 0 unspecified atom stereocenters. The standard InChI is InChI=1S/C21H17N3O7S/c1-30-21(27)13-4-9-16(24(28)29)17(11-13)31-12-19(25)22-14-5-7-15(8-6-14)23-20(26)18-3-2-10-32-18/h2-11H,12H2,1H3,(H,22,25)(H,23,26). The summed E-state index contributed by atoms with van der Waals surface area (Å²) in [6.07, 6.45) is 0. The highest BCUT2D eigenvalue weighted by atomic mass is 32.1. The molecule has 2 amide bonds. The molecule has 0 aliphatic rings. The average Bonchev–Trinajstić information content (AvgIpc) is 3.33. The van der Waals surface area contributed by atoms with E-state index in [0.29, 0.717) is 16.3 Å². The number of thiophene rings is 1. The van der Waals surface area contributed by atoms with Crippen LogP contribution in [0.2, 0.25) is 0 Å². The Labute approximate surface area is 185 Å². The SMILES string of the molecule is COC(=O)c1ccc([N+](=O)[O-])c(OCC(=O)Nc2ccc(NC(=O)c3cccs3)cc2)c1. The number of rotatable bonds is 8. The quantitative estimate of drug-likeness (QED) is 0.300. The predicted octanol–water partition coefficient (Wildman–Crippen LogP) is 3.71. The van der Waals surface area contributed by atoms with Crippen LogP contribution in [0.5, 0.6) is 5.75 Å². The number of carbonyl (C=O) groups is 3. The summed E-state index contributed by atoms with van der Waals surface area (Å²) in [5.74, 6) is -1.74. The predicted molar refractivity (Wildman–Crippen MR) is 117 cm³/mol. The van der Waals surface area contributed by atoms with Crippen molar-refractivity contribution < 1.29 is 28.8 Å². The Kier molecular flexibility index (Phi) is 7.13. The number of carbonyl (C=O) groups excluding carboxylic acids is 3. The van der Waals surface area contributed by atoms with E-state index in [9.17, 15) is 24.5 Å². The van der Waals surface area contributed by atoms with Crippen molar-refractivity contribution in [3.63, 3.8) is 0 Å². The molecule has 32 heavy (non-hydrogen) atoms. The zero-order valence-electron chi connectivity index (χ0n) is 16.7. The van der Waals surface area contributed by atoms with Crippen LogP contribution in [0.1, 0.15) is 20.0 Å². The van der Waals surface area contributed by atoms with Crippen LogP contribution in [-0.2, 0) is 9.53 Å². The van der Waals surface area contributed by atoms with Gasteiger partial charge in [0.15, 0.2) is 12.4 Å². The summed E-state index contributed by atoms with van der Waals surface area (Å²) < 4.78 is 9.85. The first-order valence-electron chi connectivity index (χ1n) is 9.11. The van der Waals surface area contributed by atoms with E-state index in [0.717, 1.165) is 12.1 Å². The van der Waals surface area contributed by atoms with Gasteiger partial charge in [0.05, 0.1) is 22.5 Å². The van der Waals surface area contributed by atoms with Gasteiger partial charge >= 0.3 is 11.7 Å². The van der Waals surface area contributed by atoms with E-state index < -0.39 is 29.1 Å². The molecule has 2 N–H and O–H groups in total. The lowest BCUT2D eigenvalue weighted by Gasteiger charge is -2.10. The summed E-state index contributed by atoms with van der Waals surface area (Å²) in [7, 11) is 1.18. The lowest BCUT2D eigenvalue weighted by atomic mass is 10.2. The van der Waals surface area contributed by atoms with Crippen LogP contribution in [0.3, 0.4) is 0 Å². The van der Waals surface area contributed by atoms with Crippen molar-refractivity contribution in [3.05, 3.63) is 80.5 Å². The van der Waals surface area contributed by atoms with Crippen molar-refractivity contribution in [3.8, 4) is 5.75 Å². The summed E-state index contributed by atoms with van der Waals surface area (Å²) in [6.45, 7) is -0.525. The molecule has 0 fully saturated rings. The lowest BCUT2D eigenvalue weighted by molar-refractivity contribution is -0.385. The molecule has 0 saturated heterocycles. The number of nitrogens with zero attached hydrogens (tertiary/aromatic N) is 1. The maximum Gasteiger partial charge on any atom is 0.337 e. The lowest BCUT2D eigenvalue weighted by Crippen LogP contribution is -2.20. The van der Waals surface area contributed by atoms with E-state index >= 15 is 0 Å². The highest BCUT2D eigenvalue weighted by Gasteiger charge is 2.19. The maximum absolute atomic E-state index is 12.2. The number of methoxy groups -OCH3 is 1. The van der Waals surface area contributed by atoms with Crippen molar-refractivity contribution in [1.29, 1.82) is 0 Å². The van der Waals surface area contributed by atoms with Crippen molar-refractivity contribution in [2.75, 3.05) is 24.4 Å². The summed E-state index contributed by atoms with van der Waals surface area (Å²) in [5.41, 5.74) is 0.642. The Hall–Kier alpha value is -4.25. The minimum atomic E-state index is -0.694. The molecule has 0 saturated carbocycles. The van der Waals surface area contributed by atoms with Crippen molar-refractivity contribution in [2.24, 2.45) is 0 Å². The number of nitro groups is 1. The topological polar surface area (TPSA) is 137 Å². The zero-order valence-corrected chi connectivity index (χ0v) is 17.5. The Balaban J connectivity index is 1.59. The van der Waals surface area contributed by atoms with Crippen molar-refractivity contribution in [2.45, 2.75) is 0 Å². The van der Waals surface area contributed by atoms with Gasteiger partial charge in [-0.2, -0.15) is 0 Å². The first-order chi connectivity index (χ1) is 15.4. The summed E-state index contributed by atoms with van der Waals surface area (Å²) in [6, 6.07) is 13.4. The minimum absolute atomic E-state index is 0.0497. The smallest absolute Gasteiger partial charge is 0.337 e. The normalized spacial score (nSPS) is 10.2. The van der Waals surface area contributed by atoms with Gasteiger partial charge in [-0.05, 0) is 41.8 Å². The Morgan fingerprint density at radius 2 is 1.72 bits per heavy atom. The van der Waals surface area contributed by atoms with Gasteiger partial charge in [0.25, 0.3) is 11.8 Å². The monoisotopic (exact) mass is 455 g/mol. The van der Waals surface area contributed by atoms with Gasteiger partial charge in [-0.1, -0.05) is 6.07 Å². The largest absolute Gasteiger partial charge is 0.477 e. The number of esters is 1. The van der Waals surface area contributed by atoms with Gasteiger partial charge in [0, 0.05) is 23.5 Å². The van der Waals surface area contributed by atoms with Crippen LogP contribution in [0, 0.1) is 10.1 Å². The number of nitro benzene ring substituents is 1. The highest BCUT2D eigenvalue weighted by Crippen LogP contribution is 2.28. The number of benzene rings is 2. The van der Waals surface area contributed by atoms with Crippen LogP contribution in [-0.4, -0.2) is 36.4 Å². The van der Waals surface area contributed by atoms with Crippen molar-refractivity contribution >= 4 is 46.2 Å².